The topological polar surface area (TPSA) is 77.6 Å². The number of hydrogen-bond donors (Lipinski definition) is 1. The van der Waals surface area contributed by atoms with Gasteiger partial charge in [0.1, 0.15) is 10.7 Å². The Balaban J connectivity index is 1.48. The summed E-state index contributed by atoms with van der Waals surface area (Å²) in [6, 6.07) is 9.70. The number of para-hydroxylation sites is 1. The number of carbonyl (C=O) groups excluding carboxylic acids is 1. The average Bonchev–Trinajstić information content (AvgIpc) is 3.40. The van der Waals surface area contributed by atoms with E-state index in [2.05, 4.69) is 20.5 Å². The van der Waals surface area contributed by atoms with Crippen LogP contribution in [0, 0.1) is 0 Å². The molecule has 0 saturated heterocycles. The molecule has 8 heteroatoms. The fourth-order valence-corrected chi connectivity index (χ4v) is 3.38. The lowest BCUT2D eigenvalue weighted by Crippen LogP contribution is -2.23. The molecule has 1 amide bonds. The van der Waals surface area contributed by atoms with Crippen LogP contribution in [0.15, 0.2) is 60.5 Å². The summed E-state index contributed by atoms with van der Waals surface area (Å²) in [5.41, 5.74) is 3.23. The Morgan fingerprint density at radius 1 is 1.23 bits per heavy atom. The minimum Gasteiger partial charge on any atom is -0.347 e. The number of hydrogen-bond acceptors (Lipinski definition) is 5. The monoisotopic (exact) mass is 364 g/mol. The van der Waals surface area contributed by atoms with E-state index in [1.54, 1.807) is 27.1 Å². The van der Waals surface area contributed by atoms with E-state index in [4.69, 9.17) is 0 Å². The zero-order valence-corrected chi connectivity index (χ0v) is 14.8. The molecule has 1 aromatic carbocycles. The molecule has 0 atom stereocenters. The smallest absolute Gasteiger partial charge is 0.271 e. The molecule has 1 N–H and O–H groups in total. The molecule has 0 saturated carbocycles. The highest BCUT2D eigenvalue weighted by Gasteiger charge is 2.13. The predicted octanol–water partition coefficient (Wildman–Crippen LogP) is 2.66. The number of aryl methyl sites for hydroxylation is 1. The maximum atomic E-state index is 12.5. The van der Waals surface area contributed by atoms with Gasteiger partial charge in [0.25, 0.3) is 5.91 Å². The largest absolute Gasteiger partial charge is 0.347 e. The lowest BCUT2D eigenvalue weighted by atomic mass is 10.1. The molecular formula is C18H16N6OS. The number of benzene rings is 1. The summed E-state index contributed by atoms with van der Waals surface area (Å²) in [7, 11) is 1.85. The molecule has 0 aliphatic heterocycles. The molecule has 0 bridgehead atoms. The fraction of sp³-hybridized carbons (Fsp3) is 0.111. The molecule has 0 spiro atoms. The van der Waals surface area contributed by atoms with Crippen LogP contribution in [0.2, 0.25) is 0 Å². The van der Waals surface area contributed by atoms with Crippen molar-refractivity contribution in [2.24, 2.45) is 7.05 Å². The molecule has 0 fully saturated rings. The molecule has 4 rings (SSSR count). The van der Waals surface area contributed by atoms with Crippen LogP contribution in [0.5, 0.6) is 0 Å². The third kappa shape index (κ3) is 3.27. The first-order valence-electron chi connectivity index (χ1n) is 8.01. The van der Waals surface area contributed by atoms with Crippen molar-refractivity contribution in [2.75, 3.05) is 0 Å². The van der Waals surface area contributed by atoms with Gasteiger partial charge in [-0.2, -0.15) is 10.2 Å². The van der Waals surface area contributed by atoms with Crippen LogP contribution in [0.1, 0.15) is 16.1 Å². The Bertz CT molecular complexity index is 1030. The average molecular weight is 364 g/mol. The van der Waals surface area contributed by atoms with Crippen LogP contribution in [-0.4, -0.2) is 30.5 Å². The number of nitrogens with zero attached hydrogens (tertiary/aromatic N) is 5. The van der Waals surface area contributed by atoms with E-state index in [0.29, 0.717) is 12.2 Å². The van der Waals surface area contributed by atoms with Gasteiger partial charge in [-0.25, -0.2) is 9.67 Å². The normalized spacial score (nSPS) is 10.8. The van der Waals surface area contributed by atoms with Crippen molar-refractivity contribution < 1.29 is 4.79 Å². The van der Waals surface area contributed by atoms with Crippen molar-refractivity contribution in [3.63, 3.8) is 0 Å². The minimum atomic E-state index is -0.202. The third-order valence-corrected chi connectivity index (χ3v) is 4.76. The Morgan fingerprint density at radius 3 is 2.88 bits per heavy atom. The summed E-state index contributed by atoms with van der Waals surface area (Å²) in [5.74, 6) is -0.202. The Labute approximate surface area is 153 Å². The van der Waals surface area contributed by atoms with E-state index < -0.39 is 0 Å². The molecule has 4 aromatic rings. The molecule has 0 radical (unpaired) electrons. The van der Waals surface area contributed by atoms with E-state index in [0.717, 1.165) is 21.8 Å². The van der Waals surface area contributed by atoms with Crippen LogP contribution in [0.25, 0.3) is 16.3 Å². The highest BCUT2D eigenvalue weighted by Crippen LogP contribution is 2.23. The van der Waals surface area contributed by atoms with Gasteiger partial charge in [-0.1, -0.05) is 18.2 Å². The molecule has 3 aromatic heterocycles. The van der Waals surface area contributed by atoms with Crippen LogP contribution in [0.4, 0.5) is 0 Å². The number of amides is 1. The second kappa shape index (κ2) is 6.93. The van der Waals surface area contributed by atoms with Crippen molar-refractivity contribution in [3.05, 3.63) is 71.8 Å². The van der Waals surface area contributed by atoms with Crippen LogP contribution < -0.4 is 5.32 Å². The number of rotatable bonds is 5. The second-order valence-corrected chi connectivity index (χ2v) is 6.56. The maximum absolute atomic E-state index is 12.5. The minimum absolute atomic E-state index is 0.202. The first-order valence-corrected chi connectivity index (χ1v) is 8.89. The molecule has 0 aliphatic carbocycles. The van der Waals surface area contributed by atoms with Gasteiger partial charge in [0.2, 0.25) is 0 Å². The van der Waals surface area contributed by atoms with Gasteiger partial charge >= 0.3 is 0 Å². The fourth-order valence-electron chi connectivity index (χ4n) is 2.60. The van der Waals surface area contributed by atoms with E-state index in [1.165, 1.54) is 11.3 Å². The van der Waals surface area contributed by atoms with Gasteiger partial charge in [-0.3, -0.25) is 9.48 Å². The van der Waals surface area contributed by atoms with Crippen LogP contribution >= 0.6 is 11.3 Å². The molecule has 0 unspecified atom stereocenters. The quantitative estimate of drug-likeness (QED) is 0.591. The predicted molar refractivity (Wildman–Crippen MR) is 99.1 cm³/mol. The first-order chi connectivity index (χ1) is 12.7. The summed E-state index contributed by atoms with van der Waals surface area (Å²) in [5, 5.41) is 13.9. The molecule has 130 valence electrons. The molecule has 7 nitrogen and oxygen atoms in total. The van der Waals surface area contributed by atoms with Crippen molar-refractivity contribution in [3.8, 4) is 16.3 Å². The van der Waals surface area contributed by atoms with Gasteiger partial charge in [0.05, 0.1) is 11.9 Å². The Kier molecular flexibility index (Phi) is 4.32. The van der Waals surface area contributed by atoms with E-state index in [9.17, 15) is 4.79 Å². The highest BCUT2D eigenvalue weighted by atomic mass is 32.1. The lowest BCUT2D eigenvalue weighted by molar-refractivity contribution is 0.0946. The van der Waals surface area contributed by atoms with Gasteiger partial charge in [-0.05, 0) is 17.7 Å². The molecule has 3 heterocycles. The number of thiazole rings is 1. The molecular weight excluding hydrogens is 348 g/mol. The molecule has 26 heavy (non-hydrogen) atoms. The summed E-state index contributed by atoms with van der Waals surface area (Å²) < 4.78 is 3.49. The van der Waals surface area contributed by atoms with Gasteiger partial charge in [-0.15, -0.1) is 11.3 Å². The standard InChI is InChI=1S/C18H16N6OS/c1-23-11-14(10-21-23)18-22-15(12-26-18)17(25)19-9-13-5-2-3-6-16(13)24-8-4-7-20-24/h2-8,10-12H,9H2,1H3,(H,19,25). The van der Waals surface area contributed by atoms with E-state index in [1.807, 2.05) is 49.8 Å². The zero-order chi connectivity index (χ0) is 17.9. The highest BCUT2D eigenvalue weighted by molar-refractivity contribution is 7.13. The number of nitrogens with one attached hydrogen (secondary N) is 1. The summed E-state index contributed by atoms with van der Waals surface area (Å²) in [6.45, 7) is 0.397. The third-order valence-electron chi connectivity index (χ3n) is 3.87. The van der Waals surface area contributed by atoms with E-state index in [-0.39, 0.29) is 5.91 Å². The van der Waals surface area contributed by atoms with Crippen molar-refractivity contribution >= 4 is 17.2 Å². The van der Waals surface area contributed by atoms with Crippen molar-refractivity contribution in [2.45, 2.75) is 6.54 Å². The second-order valence-electron chi connectivity index (χ2n) is 5.70. The number of carbonyl (C=O) groups is 1. The summed E-state index contributed by atoms with van der Waals surface area (Å²) in [4.78, 5) is 16.9. The zero-order valence-electron chi connectivity index (χ0n) is 14.0. The summed E-state index contributed by atoms with van der Waals surface area (Å²) in [6.07, 6.45) is 7.22. The summed E-state index contributed by atoms with van der Waals surface area (Å²) >= 11 is 1.43. The SMILES string of the molecule is Cn1cc(-c2nc(C(=O)NCc3ccccc3-n3cccn3)cs2)cn1. The van der Waals surface area contributed by atoms with E-state index >= 15 is 0 Å². The lowest BCUT2D eigenvalue weighted by Gasteiger charge is -2.10. The Morgan fingerprint density at radius 2 is 2.12 bits per heavy atom. The maximum Gasteiger partial charge on any atom is 0.271 e. The Hall–Kier alpha value is -3.26. The van der Waals surface area contributed by atoms with Gasteiger partial charge in [0, 0.05) is 43.1 Å². The van der Waals surface area contributed by atoms with Gasteiger partial charge < -0.3 is 5.32 Å². The number of aromatic nitrogens is 5. The van der Waals surface area contributed by atoms with Crippen molar-refractivity contribution in [1.82, 2.24) is 29.9 Å². The van der Waals surface area contributed by atoms with Crippen LogP contribution in [-0.2, 0) is 13.6 Å². The van der Waals surface area contributed by atoms with Crippen LogP contribution in [0.3, 0.4) is 0 Å². The van der Waals surface area contributed by atoms with Gasteiger partial charge in [0.15, 0.2) is 0 Å². The first kappa shape index (κ1) is 16.2. The molecule has 0 aliphatic rings. The van der Waals surface area contributed by atoms with Crippen molar-refractivity contribution in [1.29, 1.82) is 0 Å².